The lowest BCUT2D eigenvalue weighted by Gasteiger charge is -2.15. The first-order valence-electron chi connectivity index (χ1n) is 10.5. The molecule has 1 aromatic carbocycles. The van der Waals surface area contributed by atoms with Gasteiger partial charge in [-0.25, -0.2) is 4.98 Å². The summed E-state index contributed by atoms with van der Waals surface area (Å²) in [6.45, 7) is 6.22. The number of aromatic nitrogens is 2. The van der Waals surface area contributed by atoms with Crippen molar-refractivity contribution >= 4 is 35.5 Å². The van der Waals surface area contributed by atoms with E-state index in [1.54, 1.807) is 16.4 Å². The van der Waals surface area contributed by atoms with E-state index in [0.717, 1.165) is 23.1 Å². The fourth-order valence-electron chi connectivity index (χ4n) is 3.53. The first-order chi connectivity index (χ1) is 15.2. The zero-order valence-electron chi connectivity index (χ0n) is 18.5. The number of nitrogen functional groups attached to an aromatic ring is 1. The van der Waals surface area contributed by atoms with E-state index in [-0.39, 0.29) is 17.7 Å². The van der Waals surface area contributed by atoms with E-state index in [0.29, 0.717) is 42.3 Å². The maximum atomic E-state index is 12.8. The van der Waals surface area contributed by atoms with Crippen LogP contribution in [0, 0.1) is 13.8 Å². The molecule has 3 amide bonds. The van der Waals surface area contributed by atoms with Gasteiger partial charge in [-0.15, -0.1) is 3.97 Å². The average Bonchev–Trinajstić information content (AvgIpc) is 2.72. The molecule has 1 aliphatic rings. The van der Waals surface area contributed by atoms with Gasteiger partial charge in [0.15, 0.2) is 17.8 Å². The van der Waals surface area contributed by atoms with E-state index in [1.807, 2.05) is 26.0 Å². The molecule has 4 bridgehead atoms. The average molecular weight is 458 g/mol. The second-order valence-corrected chi connectivity index (χ2v) is 8.84. The molecule has 0 fully saturated rings. The molecule has 1 aliphatic heterocycles. The van der Waals surface area contributed by atoms with Gasteiger partial charge in [-0.3, -0.25) is 14.4 Å². The van der Waals surface area contributed by atoms with Crippen LogP contribution in [-0.2, 0) is 9.59 Å². The molecule has 0 saturated carbocycles. The first kappa shape index (κ1) is 23.5. The number of benzene rings is 1. The largest absolute Gasteiger partial charge is 0.379 e. The highest BCUT2D eigenvalue weighted by atomic mass is 32.2. The minimum Gasteiger partial charge on any atom is -0.379 e. The van der Waals surface area contributed by atoms with Crippen LogP contribution in [0.25, 0.3) is 11.3 Å². The maximum absolute atomic E-state index is 12.8. The number of nitrogens with zero attached hydrogens (tertiary/aromatic N) is 2. The Bertz CT molecular complexity index is 1040. The van der Waals surface area contributed by atoms with Gasteiger partial charge in [-0.2, -0.15) is 0 Å². The smallest absolute Gasteiger partial charge is 0.251 e. The van der Waals surface area contributed by atoms with Crippen LogP contribution in [0.15, 0.2) is 24.5 Å². The molecule has 170 valence electrons. The summed E-state index contributed by atoms with van der Waals surface area (Å²) >= 11 is 1.33. The predicted molar refractivity (Wildman–Crippen MR) is 124 cm³/mol. The standard InChI is InChI=1S/C22H28N6O3S/c1-13-8-14(2)17-9-16(13)18-10-28(11-20(23)27-18)32-12-19(26-15(3)29)22(31)25-7-5-4-6-24-21(17)30/h8-11,19H,4-7,12H2,1-3H3,(H4-,23,24,25,26,27,29,30,31)/p+1. The molecule has 0 radical (unpaired) electrons. The number of aryl methyl sites for hydroxylation is 2. The molecule has 5 N–H and O–H groups in total. The molecule has 9 nitrogen and oxygen atoms in total. The molecule has 1 aromatic heterocycles. The Morgan fingerprint density at radius 3 is 2.53 bits per heavy atom. The molecular formula is C22H29N6O3S+. The number of carbonyl (C=O) groups is 3. The Morgan fingerprint density at radius 1 is 1.12 bits per heavy atom. The summed E-state index contributed by atoms with van der Waals surface area (Å²) in [4.78, 5) is 41.4. The molecule has 0 aliphatic carbocycles. The van der Waals surface area contributed by atoms with Gasteiger partial charge in [0.25, 0.3) is 5.91 Å². The zero-order valence-corrected chi connectivity index (χ0v) is 19.3. The van der Waals surface area contributed by atoms with Crippen molar-refractivity contribution in [1.82, 2.24) is 20.9 Å². The number of rotatable bonds is 1. The molecule has 2 aromatic rings. The summed E-state index contributed by atoms with van der Waals surface area (Å²) < 4.78 is 1.77. The minimum absolute atomic E-state index is 0.144. The van der Waals surface area contributed by atoms with Gasteiger partial charge in [0, 0.05) is 31.1 Å². The molecule has 2 heterocycles. The number of fused-ring (bicyclic) bond motifs is 5. The molecular weight excluding hydrogens is 428 g/mol. The molecule has 10 heteroatoms. The molecule has 1 unspecified atom stereocenters. The second kappa shape index (κ2) is 10.4. The summed E-state index contributed by atoms with van der Waals surface area (Å²) in [6.07, 6.45) is 4.89. The van der Waals surface area contributed by atoms with Gasteiger partial charge >= 0.3 is 0 Å². The van der Waals surface area contributed by atoms with Crippen molar-refractivity contribution in [2.24, 2.45) is 0 Å². The van der Waals surface area contributed by atoms with Crippen LogP contribution in [0.5, 0.6) is 0 Å². The topological polar surface area (TPSA) is 130 Å². The van der Waals surface area contributed by atoms with Crippen molar-refractivity contribution in [3.63, 3.8) is 0 Å². The summed E-state index contributed by atoms with van der Waals surface area (Å²) in [7, 11) is 0. The number of hydrogen-bond donors (Lipinski definition) is 4. The number of nitrogens with one attached hydrogen (secondary N) is 3. The normalized spacial score (nSPS) is 17.7. The van der Waals surface area contributed by atoms with Crippen molar-refractivity contribution in [1.29, 1.82) is 0 Å². The van der Waals surface area contributed by atoms with E-state index in [9.17, 15) is 14.4 Å². The van der Waals surface area contributed by atoms with E-state index in [1.165, 1.54) is 18.9 Å². The van der Waals surface area contributed by atoms with Gasteiger partial charge in [-0.1, -0.05) is 6.07 Å². The number of amides is 3. The van der Waals surface area contributed by atoms with Crippen molar-refractivity contribution in [3.05, 3.63) is 41.2 Å². The Balaban J connectivity index is 2.00. The monoisotopic (exact) mass is 457 g/mol. The van der Waals surface area contributed by atoms with Gasteiger partial charge in [0.1, 0.15) is 11.7 Å². The third-order valence-corrected chi connectivity index (χ3v) is 6.11. The lowest BCUT2D eigenvalue weighted by Crippen LogP contribution is -2.49. The summed E-state index contributed by atoms with van der Waals surface area (Å²) in [5.41, 5.74) is 9.94. The Hall–Kier alpha value is -3.14. The van der Waals surface area contributed by atoms with Gasteiger partial charge in [0.05, 0.1) is 5.75 Å². The Labute approximate surface area is 191 Å². The third-order valence-electron chi connectivity index (χ3n) is 5.12. The van der Waals surface area contributed by atoms with Crippen molar-refractivity contribution < 1.29 is 18.4 Å². The van der Waals surface area contributed by atoms with Crippen LogP contribution in [-0.4, -0.2) is 47.6 Å². The highest BCUT2D eigenvalue weighted by molar-refractivity contribution is 7.92. The highest BCUT2D eigenvalue weighted by Crippen LogP contribution is 2.25. The minimum atomic E-state index is -0.689. The van der Waals surface area contributed by atoms with Crippen LogP contribution in [0.2, 0.25) is 0 Å². The van der Waals surface area contributed by atoms with Crippen LogP contribution in [0.3, 0.4) is 0 Å². The molecule has 0 spiro atoms. The maximum Gasteiger partial charge on any atom is 0.251 e. The first-order valence-corrected chi connectivity index (χ1v) is 11.5. The van der Waals surface area contributed by atoms with Gasteiger partial charge in [0.2, 0.25) is 24.2 Å². The summed E-state index contributed by atoms with van der Waals surface area (Å²) in [5.74, 6) is -0.0468. The summed E-state index contributed by atoms with van der Waals surface area (Å²) in [6, 6.07) is 3.13. The fourth-order valence-corrected chi connectivity index (χ4v) is 4.45. The lowest BCUT2D eigenvalue weighted by atomic mass is 9.97. The SMILES string of the molecule is CC(=O)NC1CS[n+]2cc(N)nc(c2)-c2cc(c(C)cc2C)C(=O)NCCCCNC1=O. The Morgan fingerprint density at radius 2 is 1.81 bits per heavy atom. The Kier molecular flexibility index (Phi) is 7.68. The number of nitrogens with two attached hydrogens (primary N) is 1. The van der Waals surface area contributed by atoms with E-state index in [2.05, 4.69) is 20.9 Å². The van der Waals surface area contributed by atoms with E-state index in [4.69, 9.17) is 5.73 Å². The number of carbonyl (C=O) groups excluding carboxylic acids is 3. The molecule has 1 atom stereocenters. The molecule has 0 saturated heterocycles. The number of hydrogen-bond acceptors (Lipinski definition) is 6. The fraction of sp³-hybridized carbons (Fsp3) is 0.409. The molecule has 3 rings (SSSR count). The predicted octanol–water partition coefficient (Wildman–Crippen LogP) is 0.876. The van der Waals surface area contributed by atoms with Crippen LogP contribution in [0.1, 0.15) is 41.3 Å². The molecule has 32 heavy (non-hydrogen) atoms. The van der Waals surface area contributed by atoms with Gasteiger partial charge in [-0.05, 0) is 43.9 Å². The van der Waals surface area contributed by atoms with Crippen molar-refractivity contribution in [3.8, 4) is 11.3 Å². The van der Waals surface area contributed by atoms with Crippen molar-refractivity contribution in [2.45, 2.75) is 39.7 Å². The van der Waals surface area contributed by atoms with E-state index < -0.39 is 6.04 Å². The van der Waals surface area contributed by atoms with Crippen LogP contribution in [0.4, 0.5) is 5.82 Å². The second-order valence-electron chi connectivity index (χ2n) is 7.82. The third kappa shape index (κ3) is 5.97. The van der Waals surface area contributed by atoms with Crippen molar-refractivity contribution in [2.75, 3.05) is 24.6 Å². The number of anilines is 1. The lowest BCUT2D eigenvalue weighted by molar-refractivity contribution is -0.493. The van der Waals surface area contributed by atoms with Gasteiger partial charge < -0.3 is 21.7 Å². The van der Waals surface area contributed by atoms with E-state index >= 15 is 0 Å². The summed E-state index contributed by atoms with van der Waals surface area (Å²) in [5, 5.41) is 8.51. The quantitative estimate of drug-likeness (QED) is 0.470. The van der Waals surface area contributed by atoms with Crippen LogP contribution >= 0.6 is 11.9 Å². The highest BCUT2D eigenvalue weighted by Gasteiger charge is 2.24. The zero-order chi connectivity index (χ0) is 23.3. The van der Waals surface area contributed by atoms with Crippen LogP contribution < -0.4 is 25.7 Å².